The predicted octanol–water partition coefficient (Wildman–Crippen LogP) is 2.89. The van der Waals surface area contributed by atoms with E-state index < -0.39 is 6.43 Å². The van der Waals surface area contributed by atoms with Gasteiger partial charge in [0, 0.05) is 18.5 Å². The summed E-state index contributed by atoms with van der Waals surface area (Å²) >= 11 is 0. The molecule has 1 fully saturated rings. The summed E-state index contributed by atoms with van der Waals surface area (Å²) < 4.78 is 25.2. The van der Waals surface area contributed by atoms with Crippen LogP contribution in [0.15, 0.2) is 18.7 Å². The number of rotatable bonds is 5. The third kappa shape index (κ3) is 2.53. The Balaban J connectivity index is 2.24. The summed E-state index contributed by atoms with van der Waals surface area (Å²) in [6.45, 7) is 4.05. The highest BCUT2D eigenvalue weighted by Gasteiger charge is 2.28. The van der Waals surface area contributed by atoms with Crippen LogP contribution >= 0.6 is 0 Å². The second-order valence-corrected chi connectivity index (χ2v) is 3.78. The van der Waals surface area contributed by atoms with Crippen molar-refractivity contribution in [3.05, 3.63) is 30.2 Å². The van der Waals surface area contributed by atoms with Gasteiger partial charge >= 0.3 is 0 Å². The van der Waals surface area contributed by atoms with Gasteiger partial charge in [-0.05, 0) is 12.8 Å². The minimum atomic E-state index is -2.55. The van der Waals surface area contributed by atoms with Gasteiger partial charge in [0.25, 0.3) is 6.43 Å². The zero-order chi connectivity index (χ0) is 11.5. The van der Waals surface area contributed by atoms with Crippen molar-refractivity contribution in [3.63, 3.8) is 0 Å². The molecule has 0 radical (unpaired) electrons. The van der Waals surface area contributed by atoms with Crippen molar-refractivity contribution >= 4 is 5.82 Å². The molecule has 86 valence electrons. The van der Waals surface area contributed by atoms with Crippen molar-refractivity contribution in [1.29, 1.82) is 0 Å². The lowest BCUT2D eigenvalue weighted by molar-refractivity contribution is 0.145. The minimum Gasteiger partial charge on any atom is -0.366 e. The molecule has 16 heavy (non-hydrogen) atoms. The highest BCUT2D eigenvalue weighted by Crippen LogP contribution is 2.39. The molecule has 0 aromatic carbocycles. The number of nitrogens with one attached hydrogen (secondary N) is 1. The van der Waals surface area contributed by atoms with Crippen LogP contribution in [-0.2, 0) is 0 Å². The third-order valence-electron chi connectivity index (χ3n) is 2.36. The van der Waals surface area contributed by atoms with Gasteiger partial charge in [0.15, 0.2) is 0 Å². The van der Waals surface area contributed by atoms with Gasteiger partial charge in [-0.15, -0.1) is 6.58 Å². The van der Waals surface area contributed by atoms with Crippen LogP contribution in [0.1, 0.15) is 36.7 Å². The first-order chi connectivity index (χ1) is 7.70. The van der Waals surface area contributed by atoms with Gasteiger partial charge in [-0.1, -0.05) is 6.08 Å². The van der Waals surface area contributed by atoms with E-state index in [1.54, 1.807) is 6.08 Å². The second kappa shape index (κ2) is 4.55. The van der Waals surface area contributed by atoms with Crippen molar-refractivity contribution in [2.45, 2.75) is 25.2 Å². The van der Waals surface area contributed by atoms with Crippen molar-refractivity contribution in [2.75, 3.05) is 11.9 Å². The van der Waals surface area contributed by atoms with E-state index in [4.69, 9.17) is 0 Å². The standard InChI is InChI=1S/C11H13F2N3/c1-2-5-14-9-6-8(10(12)13)15-11(16-9)7-3-4-7/h2,6-7,10H,1,3-5H2,(H,14,15,16). The fourth-order valence-electron chi connectivity index (χ4n) is 1.39. The maximum atomic E-state index is 12.6. The van der Waals surface area contributed by atoms with E-state index in [0.717, 1.165) is 12.8 Å². The van der Waals surface area contributed by atoms with E-state index in [9.17, 15) is 8.78 Å². The van der Waals surface area contributed by atoms with E-state index in [1.165, 1.54) is 6.07 Å². The SMILES string of the molecule is C=CCNc1cc(C(F)F)nc(C2CC2)n1. The number of nitrogens with zero attached hydrogens (tertiary/aromatic N) is 2. The summed E-state index contributed by atoms with van der Waals surface area (Å²) in [6, 6.07) is 1.29. The summed E-state index contributed by atoms with van der Waals surface area (Å²) in [5.74, 6) is 1.25. The maximum absolute atomic E-state index is 12.6. The normalized spacial score (nSPS) is 15.2. The Labute approximate surface area is 92.6 Å². The molecule has 5 heteroatoms. The van der Waals surface area contributed by atoms with E-state index >= 15 is 0 Å². The third-order valence-corrected chi connectivity index (χ3v) is 2.36. The van der Waals surface area contributed by atoms with Gasteiger partial charge in [0.1, 0.15) is 17.3 Å². The highest BCUT2D eigenvalue weighted by molar-refractivity contribution is 5.38. The van der Waals surface area contributed by atoms with Crippen LogP contribution in [-0.4, -0.2) is 16.5 Å². The lowest BCUT2D eigenvalue weighted by atomic mass is 10.3. The van der Waals surface area contributed by atoms with Crippen molar-refractivity contribution in [3.8, 4) is 0 Å². The van der Waals surface area contributed by atoms with Gasteiger partial charge in [-0.25, -0.2) is 18.7 Å². The number of alkyl halides is 2. The lowest BCUT2D eigenvalue weighted by Gasteiger charge is -2.07. The van der Waals surface area contributed by atoms with E-state index in [2.05, 4.69) is 21.9 Å². The van der Waals surface area contributed by atoms with Crippen LogP contribution in [0.2, 0.25) is 0 Å². The Morgan fingerprint density at radius 2 is 2.25 bits per heavy atom. The van der Waals surface area contributed by atoms with Gasteiger partial charge in [-0.2, -0.15) is 0 Å². The van der Waals surface area contributed by atoms with Crippen LogP contribution in [0.3, 0.4) is 0 Å². The van der Waals surface area contributed by atoms with Gasteiger partial charge in [-0.3, -0.25) is 0 Å². The Morgan fingerprint density at radius 3 is 2.81 bits per heavy atom. The zero-order valence-electron chi connectivity index (χ0n) is 8.79. The van der Waals surface area contributed by atoms with Gasteiger partial charge < -0.3 is 5.32 Å². The molecule has 0 amide bonds. The average molecular weight is 225 g/mol. The first-order valence-corrected chi connectivity index (χ1v) is 5.22. The summed E-state index contributed by atoms with van der Waals surface area (Å²) in [4.78, 5) is 8.09. The first-order valence-electron chi connectivity index (χ1n) is 5.22. The van der Waals surface area contributed by atoms with Crippen molar-refractivity contribution in [1.82, 2.24) is 9.97 Å². The second-order valence-electron chi connectivity index (χ2n) is 3.78. The maximum Gasteiger partial charge on any atom is 0.280 e. The largest absolute Gasteiger partial charge is 0.366 e. The van der Waals surface area contributed by atoms with Gasteiger partial charge in [0.2, 0.25) is 0 Å². The molecule has 1 aromatic heterocycles. The summed E-state index contributed by atoms with van der Waals surface area (Å²) in [7, 11) is 0. The molecule has 1 saturated carbocycles. The number of halogens is 2. The molecule has 0 spiro atoms. The summed E-state index contributed by atoms with van der Waals surface area (Å²) in [5.41, 5.74) is -0.205. The zero-order valence-corrected chi connectivity index (χ0v) is 8.79. The number of anilines is 1. The van der Waals surface area contributed by atoms with E-state index in [0.29, 0.717) is 18.2 Å². The molecular formula is C11H13F2N3. The van der Waals surface area contributed by atoms with Gasteiger partial charge in [0.05, 0.1) is 0 Å². The van der Waals surface area contributed by atoms with E-state index in [1.807, 2.05) is 0 Å². The molecular weight excluding hydrogens is 212 g/mol. The van der Waals surface area contributed by atoms with Crippen LogP contribution in [0.4, 0.5) is 14.6 Å². The lowest BCUT2D eigenvalue weighted by Crippen LogP contribution is -2.06. The molecule has 1 aliphatic rings. The number of hydrogen-bond acceptors (Lipinski definition) is 3. The van der Waals surface area contributed by atoms with Crippen LogP contribution in [0, 0.1) is 0 Å². The van der Waals surface area contributed by atoms with Crippen LogP contribution in [0.25, 0.3) is 0 Å². The molecule has 1 heterocycles. The number of aromatic nitrogens is 2. The van der Waals surface area contributed by atoms with Crippen molar-refractivity contribution < 1.29 is 8.78 Å². The fraction of sp³-hybridized carbons (Fsp3) is 0.455. The van der Waals surface area contributed by atoms with Crippen LogP contribution < -0.4 is 5.32 Å². The Hall–Kier alpha value is -1.52. The van der Waals surface area contributed by atoms with E-state index in [-0.39, 0.29) is 11.6 Å². The fourth-order valence-corrected chi connectivity index (χ4v) is 1.39. The molecule has 0 atom stereocenters. The Bertz CT molecular complexity index is 369. The molecule has 0 bridgehead atoms. The first kappa shape index (κ1) is 11.0. The molecule has 1 N–H and O–H groups in total. The molecule has 0 aliphatic heterocycles. The number of hydrogen-bond donors (Lipinski definition) is 1. The average Bonchev–Trinajstić information content (AvgIpc) is 3.09. The van der Waals surface area contributed by atoms with Crippen molar-refractivity contribution in [2.24, 2.45) is 0 Å². The quantitative estimate of drug-likeness (QED) is 0.783. The predicted molar refractivity (Wildman–Crippen MR) is 57.7 cm³/mol. The minimum absolute atomic E-state index is 0.205. The monoisotopic (exact) mass is 225 g/mol. The molecule has 0 saturated heterocycles. The highest BCUT2D eigenvalue weighted by atomic mass is 19.3. The topological polar surface area (TPSA) is 37.8 Å². The molecule has 1 aromatic rings. The molecule has 3 nitrogen and oxygen atoms in total. The summed E-state index contributed by atoms with van der Waals surface area (Å²) in [6.07, 6.45) is 1.09. The Kier molecular flexibility index (Phi) is 3.12. The molecule has 0 unspecified atom stereocenters. The molecule has 1 aliphatic carbocycles. The smallest absolute Gasteiger partial charge is 0.280 e. The molecule has 2 rings (SSSR count). The summed E-state index contributed by atoms with van der Waals surface area (Å²) in [5, 5.41) is 2.91. The van der Waals surface area contributed by atoms with Crippen LogP contribution in [0.5, 0.6) is 0 Å². The Morgan fingerprint density at radius 1 is 1.50 bits per heavy atom.